The van der Waals surface area contributed by atoms with Crippen molar-refractivity contribution in [1.82, 2.24) is 0 Å². The minimum absolute atomic E-state index is 0. The molecule has 32 valence electrons. The van der Waals surface area contributed by atoms with Crippen LogP contribution in [0.15, 0.2) is 0 Å². The quantitative estimate of drug-likeness (QED) is 0.294. The molecule has 1 heteroatoms. The number of rotatable bonds is 2. The molecule has 0 aliphatic rings. The normalized spacial score (nSPS) is 7.00. The third-order valence-electron chi connectivity index (χ3n) is 0.604. The second-order valence-corrected chi connectivity index (χ2v) is 1.21. The molecule has 0 aromatic carbocycles. The zero-order valence-electron chi connectivity index (χ0n) is 4.83. The largest absolute Gasteiger partial charge is 1.00 e. The van der Waals surface area contributed by atoms with E-state index in [1.54, 1.807) is 0 Å². The van der Waals surface area contributed by atoms with Crippen LogP contribution in [0.5, 0.6) is 0 Å². The fourth-order valence-corrected chi connectivity index (χ4v) is 0.250. The van der Waals surface area contributed by atoms with Crippen molar-refractivity contribution < 1.29 is 18.9 Å². The number of hydrogen-bond donors (Lipinski definition) is 0. The first-order valence-corrected chi connectivity index (χ1v) is 2.21. The summed E-state index contributed by atoms with van der Waals surface area (Å²) in [5, 5.41) is 0. The Balaban J connectivity index is 0. The van der Waals surface area contributed by atoms with Crippen LogP contribution in [0.1, 0.15) is 26.2 Å². The molecule has 0 rings (SSSR count). The maximum Gasteiger partial charge on any atom is 1.00 e. The summed E-state index contributed by atoms with van der Waals surface area (Å²) in [4.78, 5) is 0. The average molecular weight is 78.1 g/mol. The van der Waals surface area contributed by atoms with Crippen molar-refractivity contribution in [2.24, 2.45) is 0 Å². The molecular formula is C5H11Li. The van der Waals surface area contributed by atoms with E-state index in [9.17, 15) is 0 Å². The molecule has 6 heavy (non-hydrogen) atoms. The van der Waals surface area contributed by atoms with Gasteiger partial charge in [-0.3, -0.25) is 0 Å². The Bertz CT molecular complexity index is 11.4. The summed E-state index contributed by atoms with van der Waals surface area (Å²) in [5.74, 6) is 0. The van der Waals surface area contributed by atoms with Gasteiger partial charge in [-0.15, -0.1) is 0 Å². The van der Waals surface area contributed by atoms with Crippen molar-refractivity contribution in [3.05, 3.63) is 6.92 Å². The molecule has 0 aliphatic carbocycles. The van der Waals surface area contributed by atoms with E-state index in [0.29, 0.717) is 0 Å². The molecule has 0 amide bonds. The first-order chi connectivity index (χ1) is 2.41. The van der Waals surface area contributed by atoms with Gasteiger partial charge in [0, 0.05) is 0 Å². The first-order valence-electron chi connectivity index (χ1n) is 2.21. The standard InChI is InChI=1S/C5H11.Li/c1-3-5-4-2;/h1,3-5H2,2H3;/q-1;+1. The molecule has 0 spiro atoms. The first kappa shape index (κ1) is 9.78. The molecule has 0 unspecified atom stereocenters. The van der Waals surface area contributed by atoms with E-state index in [4.69, 9.17) is 0 Å². The molecule has 0 heterocycles. The van der Waals surface area contributed by atoms with Crippen LogP contribution in [0.2, 0.25) is 0 Å². The van der Waals surface area contributed by atoms with E-state index < -0.39 is 0 Å². The van der Waals surface area contributed by atoms with Crippen LogP contribution in [0, 0.1) is 6.92 Å². The van der Waals surface area contributed by atoms with E-state index >= 15 is 0 Å². The zero-order valence-corrected chi connectivity index (χ0v) is 4.83. The Morgan fingerprint density at radius 3 is 2.00 bits per heavy atom. The molecule has 0 N–H and O–H groups in total. The van der Waals surface area contributed by atoms with Gasteiger partial charge in [-0.25, -0.2) is 0 Å². The summed E-state index contributed by atoms with van der Waals surface area (Å²) in [6.45, 7) is 5.85. The summed E-state index contributed by atoms with van der Waals surface area (Å²) in [5.41, 5.74) is 0. The summed E-state index contributed by atoms with van der Waals surface area (Å²) in [6, 6.07) is 0. The molecule has 0 bridgehead atoms. The third kappa shape index (κ3) is 8.82. The minimum Gasteiger partial charge on any atom is -0.343 e. The smallest absolute Gasteiger partial charge is 0.343 e. The van der Waals surface area contributed by atoms with Crippen molar-refractivity contribution in [2.75, 3.05) is 0 Å². The minimum atomic E-state index is 0. The van der Waals surface area contributed by atoms with E-state index in [-0.39, 0.29) is 18.9 Å². The molecule has 0 saturated heterocycles. The fourth-order valence-electron chi connectivity index (χ4n) is 0.250. The Hall–Kier alpha value is 0.597. The molecule has 0 fully saturated rings. The third-order valence-corrected chi connectivity index (χ3v) is 0.604. The maximum absolute atomic E-state index is 3.68. The molecule has 0 nitrogen and oxygen atoms in total. The van der Waals surface area contributed by atoms with E-state index in [1.807, 2.05) is 0 Å². The predicted octanol–water partition coefficient (Wildman–Crippen LogP) is -0.985. The van der Waals surface area contributed by atoms with Gasteiger partial charge in [0.15, 0.2) is 0 Å². The summed E-state index contributed by atoms with van der Waals surface area (Å²) < 4.78 is 0. The zero-order chi connectivity index (χ0) is 4.12. The van der Waals surface area contributed by atoms with Crippen molar-refractivity contribution in [3.8, 4) is 0 Å². The van der Waals surface area contributed by atoms with Gasteiger partial charge in [-0.1, -0.05) is 19.8 Å². The predicted molar refractivity (Wildman–Crippen MR) is 24.9 cm³/mol. The Morgan fingerprint density at radius 1 is 1.50 bits per heavy atom. The van der Waals surface area contributed by atoms with E-state index in [1.165, 1.54) is 12.8 Å². The molecule has 0 aromatic heterocycles. The van der Waals surface area contributed by atoms with Crippen LogP contribution in [-0.2, 0) is 0 Å². The molecule has 0 aromatic rings. The molecule has 0 atom stereocenters. The van der Waals surface area contributed by atoms with Crippen LogP contribution in [0.25, 0.3) is 0 Å². The summed E-state index contributed by atoms with van der Waals surface area (Å²) in [6.07, 6.45) is 3.65. The van der Waals surface area contributed by atoms with E-state index in [2.05, 4.69) is 13.8 Å². The second kappa shape index (κ2) is 9.14. The van der Waals surface area contributed by atoms with Crippen molar-refractivity contribution in [3.63, 3.8) is 0 Å². The molecular weight excluding hydrogens is 67.0 g/mol. The van der Waals surface area contributed by atoms with Crippen molar-refractivity contribution in [1.29, 1.82) is 0 Å². The average Bonchev–Trinajstić information content (AvgIpc) is 1.41. The SMILES string of the molecule is [CH2-]CCCC.[Li+]. The van der Waals surface area contributed by atoms with E-state index in [0.717, 1.165) is 6.42 Å². The van der Waals surface area contributed by atoms with Gasteiger partial charge < -0.3 is 6.92 Å². The van der Waals surface area contributed by atoms with Crippen LogP contribution in [0.4, 0.5) is 0 Å². The van der Waals surface area contributed by atoms with Crippen LogP contribution in [0.3, 0.4) is 0 Å². The molecule has 0 radical (unpaired) electrons. The van der Waals surface area contributed by atoms with Gasteiger partial charge in [-0.2, -0.15) is 6.42 Å². The number of hydrogen-bond acceptors (Lipinski definition) is 0. The van der Waals surface area contributed by atoms with Gasteiger partial charge in [-0.05, 0) is 0 Å². The van der Waals surface area contributed by atoms with Crippen LogP contribution < -0.4 is 18.9 Å². The second-order valence-electron chi connectivity index (χ2n) is 1.21. The number of unbranched alkanes of at least 4 members (excludes halogenated alkanes) is 2. The maximum atomic E-state index is 3.68. The Kier molecular flexibility index (Phi) is 14.9. The Labute approximate surface area is 52.5 Å². The topological polar surface area (TPSA) is 0 Å². The fraction of sp³-hybridized carbons (Fsp3) is 0.800. The van der Waals surface area contributed by atoms with Crippen molar-refractivity contribution in [2.45, 2.75) is 26.2 Å². The molecule has 0 aliphatic heterocycles. The van der Waals surface area contributed by atoms with Gasteiger partial charge >= 0.3 is 18.9 Å². The van der Waals surface area contributed by atoms with Crippen LogP contribution >= 0.6 is 0 Å². The van der Waals surface area contributed by atoms with Crippen molar-refractivity contribution >= 4 is 0 Å². The van der Waals surface area contributed by atoms with Gasteiger partial charge in [0.2, 0.25) is 0 Å². The summed E-state index contributed by atoms with van der Waals surface area (Å²) in [7, 11) is 0. The van der Waals surface area contributed by atoms with Crippen LogP contribution in [-0.4, -0.2) is 0 Å². The Morgan fingerprint density at radius 2 is 2.00 bits per heavy atom. The van der Waals surface area contributed by atoms with Gasteiger partial charge in [0.1, 0.15) is 0 Å². The van der Waals surface area contributed by atoms with Gasteiger partial charge in [0.05, 0.1) is 0 Å². The van der Waals surface area contributed by atoms with Gasteiger partial charge in [0.25, 0.3) is 0 Å². The molecule has 0 saturated carbocycles. The summed E-state index contributed by atoms with van der Waals surface area (Å²) >= 11 is 0. The monoisotopic (exact) mass is 78.1 g/mol.